The van der Waals surface area contributed by atoms with Crippen molar-refractivity contribution < 1.29 is 19.2 Å². The number of esters is 1. The zero-order valence-electron chi connectivity index (χ0n) is 17.1. The van der Waals surface area contributed by atoms with E-state index < -0.39 is 6.04 Å². The van der Waals surface area contributed by atoms with Gasteiger partial charge in [-0.25, -0.2) is 4.79 Å². The van der Waals surface area contributed by atoms with E-state index in [1.54, 1.807) is 12.2 Å². The Morgan fingerprint density at radius 2 is 1.93 bits per heavy atom. The Balaban J connectivity index is 2.05. The van der Waals surface area contributed by atoms with Crippen LogP contribution >= 0.6 is 0 Å². The van der Waals surface area contributed by atoms with Crippen LogP contribution in [0.4, 0.5) is 0 Å². The number of ether oxygens (including phenoxy) is 2. The molecule has 0 saturated carbocycles. The monoisotopic (exact) mass is 389 g/mol. The standard InChI is InChI=1S/C22H31NO5/c1-4-5-6-7-8-16(2)28-21-14-13-19(15-20(21)23(25)26)17-9-11-18(12-10-17)22(24)27-3/h9,11,13-14,16,20H,4-8,10,12,15H2,1-3H3/t16-,20?/m1/s1. The van der Waals surface area contributed by atoms with Gasteiger partial charge in [0.05, 0.1) is 13.2 Å². The summed E-state index contributed by atoms with van der Waals surface area (Å²) in [5.41, 5.74) is 2.59. The van der Waals surface area contributed by atoms with Crippen molar-refractivity contribution in [2.75, 3.05) is 7.11 Å². The van der Waals surface area contributed by atoms with Gasteiger partial charge in [-0.3, -0.25) is 10.1 Å². The summed E-state index contributed by atoms with van der Waals surface area (Å²) in [4.78, 5) is 23.0. The Morgan fingerprint density at radius 3 is 2.54 bits per heavy atom. The molecule has 0 aromatic rings. The number of hydrogen-bond acceptors (Lipinski definition) is 5. The molecule has 0 spiro atoms. The molecule has 0 aliphatic heterocycles. The van der Waals surface area contributed by atoms with Gasteiger partial charge >= 0.3 is 5.97 Å². The van der Waals surface area contributed by atoms with Gasteiger partial charge in [-0.05, 0) is 49.8 Å². The van der Waals surface area contributed by atoms with E-state index in [-0.39, 0.29) is 17.0 Å². The molecule has 0 bridgehead atoms. The summed E-state index contributed by atoms with van der Waals surface area (Å²) in [5.74, 6) is 0.124. The van der Waals surface area contributed by atoms with Crippen molar-refractivity contribution in [1.82, 2.24) is 0 Å². The van der Waals surface area contributed by atoms with Crippen LogP contribution in [0.5, 0.6) is 0 Å². The van der Waals surface area contributed by atoms with Crippen LogP contribution in [-0.4, -0.2) is 30.1 Å². The second-order valence-electron chi connectivity index (χ2n) is 7.42. The minimum Gasteiger partial charge on any atom is -0.488 e. The zero-order valence-corrected chi connectivity index (χ0v) is 17.1. The largest absolute Gasteiger partial charge is 0.488 e. The molecule has 2 atom stereocenters. The fourth-order valence-corrected chi connectivity index (χ4v) is 3.56. The molecule has 0 N–H and O–H groups in total. The number of allylic oxidation sites excluding steroid dienone is 5. The first-order chi connectivity index (χ1) is 13.5. The van der Waals surface area contributed by atoms with Crippen molar-refractivity contribution in [3.63, 3.8) is 0 Å². The fraction of sp³-hybridized carbons (Fsp3) is 0.591. The number of nitro groups is 1. The predicted molar refractivity (Wildman–Crippen MR) is 108 cm³/mol. The van der Waals surface area contributed by atoms with Gasteiger partial charge in [-0.15, -0.1) is 0 Å². The molecule has 154 valence electrons. The molecule has 28 heavy (non-hydrogen) atoms. The maximum Gasteiger partial charge on any atom is 0.333 e. The van der Waals surface area contributed by atoms with E-state index in [9.17, 15) is 14.9 Å². The average molecular weight is 389 g/mol. The van der Waals surface area contributed by atoms with Crippen LogP contribution in [0, 0.1) is 10.1 Å². The third kappa shape index (κ3) is 6.08. The SMILES string of the molecule is CCCCCC[C@@H](C)OC1=CC=C(C2=CC=C(C(=O)OC)CC2)CC1[N+](=O)[O-]. The van der Waals surface area contributed by atoms with Crippen LogP contribution in [0.1, 0.15) is 65.2 Å². The van der Waals surface area contributed by atoms with E-state index in [2.05, 4.69) is 6.92 Å². The minimum absolute atomic E-state index is 0.0278. The molecule has 2 aliphatic carbocycles. The lowest BCUT2D eigenvalue weighted by molar-refractivity contribution is -0.517. The molecule has 1 unspecified atom stereocenters. The minimum atomic E-state index is -0.857. The summed E-state index contributed by atoms with van der Waals surface area (Å²) in [7, 11) is 1.37. The molecular weight excluding hydrogens is 358 g/mol. The lowest BCUT2D eigenvalue weighted by Gasteiger charge is -2.24. The van der Waals surface area contributed by atoms with E-state index in [0.717, 1.165) is 24.0 Å². The predicted octanol–water partition coefficient (Wildman–Crippen LogP) is 5.04. The van der Waals surface area contributed by atoms with Crippen molar-refractivity contribution in [3.05, 3.63) is 56.9 Å². The quantitative estimate of drug-likeness (QED) is 0.226. The average Bonchev–Trinajstić information content (AvgIpc) is 2.71. The van der Waals surface area contributed by atoms with E-state index in [0.29, 0.717) is 30.6 Å². The van der Waals surface area contributed by atoms with Crippen LogP contribution in [0.2, 0.25) is 0 Å². The van der Waals surface area contributed by atoms with Gasteiger partial charge in [0.15, 0.2) is 5.76 Å². The van der Waals surface area contributed by atoms with Gasteiger partial charge in [0.1, 0.15) is 0 Å². The first-order valence-electron chi connectivity index (χ1n) is 10.2. The molecule has 0 radical (unpaired) electrons. The third-order valence-corrected chi connectivity index (χ3v) is 5.26. The van der Waals surface area contributed by atoms with E-state index in [4.69, 9.17) is 9.47 Å². The van der Waals surface area contributed by atoms with Crippen molar-refractivity contribution >= 4 is 5.97 Å². The second-order valence-corrected chi connectivity index (χ2v) is 7.42. The van der Waals surface area contributed by atoms with Gasteiger partial charge in [0.2, 0.25) is 0 Å². The summed E-state index contributed by atoms with van der Waals surface area (Å²) < 4.78 is 10.7. The molecule has 0 saturated heterocycles. The lowest BCUT2D eigenvalue weighted by atomic mass is 9.87. The number of hydrogen-bond donors (Lipinski definition) is 0. The van der Waals surface area contributed by atoms with Gasteiger partial charge in [0.25, 0.3) is 6.04 Å². The molecule has 0 heterocycles. The Labute approximate surface area is 167 Å². The topological polar surface area (TPSA) is 78.7 Å². The summed E-state index contributed by atoms with van der Waals surface area (Å²) in [6, 6.07) is -0.857. The Kier molecular flexibility index (Phi) is 8.48. The van der Waals surface area contributed by atoms with Crippen LogP contribution in [0.15, 0.2) is 46.8 Å². The summed E-state index contributed by atoms with van der Waals surface area (Å²) in [6.07, 6.45) is 14.4. The number of methoxy groups -OCH3 is 1. The van der Waals surface area contributed by atoms with Crippen LogP contribution in [0.25, 0.3) is 0 Å². The molecule has 2 rings (SSSR count). The normalized spacial score (nSPS) is 20.3. The van der Waals surface area contributed by atoms with Crippen molar-refractivity contribution in [3.8, 4) is 0 Å². The highest BCUT2D eigenvalue weighted by atomic mass is 16.6. The van der Waals surface area contributed by atoms with E-state index >= 15 is 0 Å². The number of carbonyl (C=O) groups is 1. The van der Waals surface area contributed by atoms with Gasteiger partial charge < -0.3 is 9.47 Å². The highest BCUT2D eigenvalue weighted by Gasteiger charge is 2.33. The molecule has 6 heteroatoms. The van der Waals surface area contributed by atoms with E-state index in [1.807, 2.05) is 19.1 Å². The summed E-state index contributed by atoms with van der Waals surface area (Å²) in [6.45, 7) is 4.15. The maximum absolute atomic E-state index is 11.6. The number of nitrogens with zero attached hydrogens (tertiary/aromatic N) is 1. The van der Waals surface area contributed by atoms with E-state index in [1.165, 1.54) is 26.4 Å². The Bertz CT molecular complexity index is 702. The maximum atomic E-state index is 11.6. The Hall–Kier alpha value is -2.37. The van der Waals surface area contributed by atoms with Crippen molar-refractivity contribution in [2.45, 2.75) is 77.4 Å². The summed E-state index contributed by atoms with van der Waals surface area (Å²) in [5, 5.41) is 11.6. The molecule has 0 aromatic carbocycles. The first kappa shape index (κ1) is 21.9. The van der Waals surface area contributed by atoms with Crippen LogP contribution < -0.4 is 0 Å². The van der Waals surface area contributed by atoms with Crippen LogP contribution in [0.3, 0.4) is 0 Å². The Morgan fingerprint density at radius 1 is 1.18 bits per heavy atom. The highest BCUT2D eigenvalue weighted by Crippen LogP contribution is 2.33. The lowest BCUT2D eigenvalue weighted by Crippen LogP contribution is -2.28. The number of rotatable bonds is 10. The number of unbranched alkanes of at least 4 members (excludes halogenated alkanes) is 3. The van der Waals surface area contributed by atoms with Gasteiger partial charge in [0, 0.05) is 16.9 Å². The fourth-order valence-electron chi connectivity index (χ4n) is 3.56. The zero-order chi connectivity index (χ0) is 20.5. The highest BCUT2D eigenvalue weighted by molar-refractivity contribution is 5.89. The smallest absolute Gasteiger partial charge is 0.333 e. The summed E-state index contributed by atoms with van der Waals surface area (Å²) >= 11 is 0. The molecule has 0 fully saturated rings. The molecule has 0 aromatic heterocycles. The third-order valence-electron chi connectivity index (χ3n) is 5.26. The van der Waals surface area contributed by atoms with Crippen molar-refractivity contribution in [2.24, 2.45) is 0 Å². The molecule has 6 nitrogen and oxygen atoms in total. The first-order valence-corrected chi connectivity index (χ1v) is 10.2. The molecule has 0 amide bonds. The van der Waals surface area contributed by atoms with Crippen LogP contribution in [-0.2, 0) is 14.3 Å². The number of carbonyl (C=O) groups excluding carboxylic acids is 1. The van der Waals surface area contributed by atoms with Gasteiger partial charge in [-0.1, -0.05) is 44.4 Å². The van der Waals surface area contributed by atoms with Crippen molar-refractivity contribution in [1.29, 1.82) is 0 Å². The molecule has 2 aliphatic rings. The van der Waals surface area contributed by atoms with Gasteiger partial charge in [-0.2, -0.15) is 0 Å². The molecular formula is C22H31NO5. The second kappa shape index (κ2) is 10.8.